The molecule has 1 aromatic rings. The van der Waals surface area contributed by atoms with Gasteiger partial charge in [0, 0.05) is 24.4 Å². The van der Waals surface area contributed by atoms with Crippen molar-refractivity contribution in [1.82, 2.24) is 4.90 Å². The van der Waals surface area contributed by atoms with Crippen molar-refractivity contribution in [1.29, 1.82) is 0 Å². The summed E-state index contributed by atoms with van der Waals surface area (Å²) in [7, 11) is 0. The summed E-state index contributed by atoms with van der Waals surface area (Å²) in [6.07, 6.45) is 1.33. The summed E-state index contributed by atoms with van der Waals surface area (Å²) in [5.74, 6) is 0.144. The first-order chi connectivity index (χ1) is 9.59. The molecule has 6 heteroatoms. The van der Waals surface area contributed by atoms with Gasteiger partial charge in [-0.1, -0.05) is 11.6 Å². The van der Waals surface area contributed by atoms with E-state index in [9.17, 15) is 4.79 Å². The molecule has 0 aromatic carbocycles. The summed E-state index contributed by atoms with van der Waals surface area (Å²) in [6.45, 7) is 4.62. The van der Waals surface area contributed by atoms with Gasteiger partial charge in [-0.25, -0.2) is 0 Å². The highest BCUT2D eigenvalue weighted by molar-refractivity contribution is 7.16. The monoisotopic (exact) mass is 315 g/mol. The second-order valence-corrected chi connectivity index (χ2v) is 7.17. The smallest absolute Gasteiger partial charge is 0.228 e. The molecule has 1 amide bonds. The molecule has 3 rings (SSSR count). The maximum absolute atomic E-state index is 12.4. The van der Waals surface area contributed by atoms with Crippen molar-refractivity contribution in [3.05, 3.63) is 21.3 Å². The van der Waals surface area contributed by atoms with Crippen LogP contribution >= 0.6 is 22.9 Å². The normalized spacial score (nSPS) is 30.1. The van der Waals surface area contributed by atoms with E-state index in [0.29, 0.717) is 32.7 Å². The Hall–Kier alpha value is -0.620. The lowest BCUT2D eigenvalue weighted by molar-refractivity contribution is -0.158. The lowest BCUT2D eigenvalue weighted by Gasteiger charge is -2.42. The van der Waals surface area contributed by atoms with Crippen LogP contribution in [0.2, 0.25) is 4.34 Å². The number of morpholine rings is 1. The summed E-state index contributed by atoms with van der Waals surface area (Å²) in [6, 6.07) is 3.75. The molecule has 0 unspecified atom stereocenters. The highest BCUT2D eigenvalue weighted by Crippen LogP contribution is 2.33. The van der Waals surface area contributed by atoms with Crippen molar-refractivity contribution in [2.24, 2.45) is 0 Å². The predicted molar refractivity (Wildman–Crippen MR) is 78.3 cm³/mol. The SMILES string of the molecule is C[C@H]1OCC[C@]12CN(C(=O)Cc1ccc(Cl)s1)CCO2. The van der Waals surface area contributed by atoms with E-state index in [-0.39, 0.29) is 17.6 Å². The Morgan fingerprint density at radius 1 is 1.55 bits per heavy atom. The third-order valence-corrected chi connectivity index (χ3v) is 5.38. The molecule has 4 nitrogen and oxygen atoms in total. The topological polar surface area (TPSA) is 38.8 Å². The van der Waals surface area contributed by atoms with Gasteiger partial charge in [-0.3, -0.25) is 4.79 Å². The van der Waals surface area contributed by atoms with Gasteiger partial charge in [0.05, 0.1) is 30.0 Å². The zero-order chi connectivity index (χ0) is 14.2. The highest BCUT2D eigenvalue weighted by Gasteiger charge is 2.46. The number of amides is 1. The number of rotatable bonds is 2. The first-order valence-electron chi connectivity index (χ1n) is 6.87. The number of nitrogens with zero attached hydrogens (tertiary/aromatic N) is 1. The first-order valence-corrected chi connectivity index (χ1v) is 8.06. The maximum atomic E-state index is 12.4. The average molecular weight is 316 g/mol. The molecule has 1 aromatic heterocycles. The lowest BCUT2D eigenvalue weighted by atomic mass is 9.94. The number of ether oxygens (including phenoxy) is 2. The summed E-state index contributed by atoms with van der Waals surface area (Å²) in [4.78, 5) is 15.3. The minimum Gasteiger partial charge on any atom is -0.375 e. The molecule has 0 saturated carbocycles. The maximum Gasteiger partial charge on any atom is 0.228 e. The van der Waals surface area contributed by atoms with Crippen LogP contribution in [0.4, 0.5) is 0 Å². The zero-order valence-electron chi connectivity index (χ0n) is 11.4. The summed E-state index contributed by atoms with van der Waals surface area (Å²) < 4.78 is 12.3. The first kappa shape index (κ1) is 14.3. The fraction of sp³-hybridized carbons (Fsp3) is 0.643. The average Bonchev–Trinajstić information content (AvgIpc) is 2.98. The van der Waals surface area contributed by atoms with Gasteiger partial charge in [-0.05, 0) is 19.1 Å². The van der Waals surface area contributed by atoms with Crippen LogP contribution in [0.1, 0.15) is 18.2 Å². The van der Waals surface area contributed by atoms with E-state index in [1.807, 2.05) is 24.0 Å². The van der Waals surface area contributed by atoms with Crippen LogP contribution in [0, 0.1) is 0 Å². The van der Waals surface area contributed by atoms with E-state index in [2.05, 4.69) is 0 Å². The van der Waals surface area contributed by atoms with E-state index in [1.54, 1.807) is 0 Å². The van der Waals surface area contributed by atoms with E-state index < -0.39 is 0 Å². The molecule has 2 aliphatic rings. The quantitative estimate of drug-likeness (QED) is 0.841. The third kappa shape index (κ3) is 2.72. The molecule has 3 heterocycles. The van der Waals surface area contributed by atoms with Crippen molar-refractivity contribution in [3.8, 4) is 0 Å². The molecular weight excluding hydrogens is 298 g/mol. The summed E-state index contributed by atoms with van der Waals surface area (Å²) in [5, 5.41) is 0. The number of carbonyl (C=O) groups excluding carboxylic acids is 1. The Kier molecular flexibility index (Phi) is 4.04. The number of hydrogen-bond donors (Lipinski definition) is 0. The van der Waals surface area contributed by atoms with E-state index in [0.717, 1.165) is 15.6 Å². The Bertz CT molecular complexity index is 506. The minimum atomic E-state index is -0.305. The Labute approximate surface area is 127 Å². The Morgan fingerprint density at radius 3 is 3.05 bits per heavy atom. The fourth-order valence-electron chi connectivity index (χ4n) is 2.89. The van der Waals surface area contributed by atoms with Crippen molar-refractivity contribution < 1.29 is 14.3 Å². The lowest BCUT2D eigenvalue weighted by Crippen LogP contribution is -2.57. The van der Waals surface area contributed by atoms with Gasteiger partial charge < -0.3 is 14.4 Å². The van der Waals surface area contributed by atoms with Gasteiger partial charge in [0.1, 0.15) is 5.60 Å². The second kappa shape index (κ2) is 5.64. The molecule has 0 radical (unpaired) electrons. The summed E-state index contributed by atoms with van der Waals surface area (Å²) in [5.41, 5.74) is -0.305. The summed E-state index contributed by atoms with van der Waals surface area (Å²) >= 11 is 7.37. The van der Waals surface area contributed by atoms with Crippen molar-refractivity contribution >= 4 is 28.8 Å². The largest absolute Gasteiger partial charge is 0.375 e. The molecular formula is C14H18ClNO3S. The molecule has 2 saturated heterocycles. The third-order valence-electron chi connectivity index (χ3n) is 4.15. The number of thiophene rings is 1. The fourth-order valence-corrected chi connectivity index (χ4v) is 3.97. The van der Waals surface area contributed by atoms with Crippen LogP contribution in [-0.4, -0.2) is 48.8 Å². The molecule has 0 bridgehead atoms. The minimum absolute atomic E-state index is 0.0503. The standard InChI is InChI=1S/C14H18ClNO3S/c1-10-14(4-6-18-10)9-16(5-7-19-14)13(17)8-11-2-3-12(15)20-11/h2-3,10H,4-9H2,1H3/t10-,14+/m1/s1. The number of hydrogen-bond acceptors (Lipinski definition) is 4. The van der Waals surface area contributed by atoms with Gasteiger partial charge in [0.15, 0.2) is 0 Å². The van der Waals surface area contributed by atoms with Crippen LogP contribution < -0.4 is 0 Å². The van der Waals surface area contributed by atoms with Crippen LogP contribution in [-0.2, 0) is 20.7 Å². The van der Waals surface area contributed by atoms with Gasteiger partial charge >= 0.3 is 0 Å². The second-order valence-electron chi connectivity index (χ2n) is 5.37. The van der Waals surface area contributed by atoms with Gasteiger partial charge in [-0.15, -0.1) is 11.3 Å². The predicted octanol–water partition coefficient (Wildman–Crippen LogP) is 2.35. The van der Waals surface area contributed by atoms with Gasteiger partial charge in [-0.2, -0.15) is 0 Å². The molecule has 1 spiro atoms. The van der Waals surface area contributed by atoms with Gasteiger partial charge in [0.25, 0.3) is 0 Å². The van der Waals surface area contributed by atoms with E-state index in [4.69, 9.17) is 21.1 Å². The van der Waals surface area contributed by atoms with Crippen molar-refractivity contribution in [3.63, 3.8) is 0 Å². The van der Waals surface area contributed by atoms with Crippen molar-refractivity contribution in [2.75, 3.05) is 26.3 Å². The Balaban J connectivity index is 1.66. The van der Waals surface area contributed by atoms with Crippen LogP contribution in [0.3, 0.4) is 0 Å². The van der Waals surface area contributed by atoms with Crippen LogP contribution in [0.5, 0.6) is 0 Å². The number of carbonyl (C=O) groups is 1. The number of halogens is 1. The van der Waals surface area contributed by atoms with Gasteiger partial charge in [0.2, 0.25) is 5.91 Å². The molecule has 2 fully saturated rings. The molecule has 20 heavy (non-hydrogen) atoms. The molecule has 2 aliphatic heterocycles. The van der Waals surface area contributed by atoms with Crippen LogP contribution in [0.25, 0.3) is 0 Å². The van der Waals surface area contributed by atoms with Crippen molar-refractivity contribution in [2.45, 2.75) is 31.5 Å². The van der Waals surface area contributed by atoms with Crippen LogP contribution in [0.15, 0.2) is 12.1 Å². The molecule has 0 aliphatic carbocycles. The molecule has 0 N–H and O–H groups in total. The van der Waals surface area contributed by atoms with E-state index >= 15 is 0 Å². The zero-order valence-corrected chi connectivity index (χ0v) is 13.0. The highest BCUT2D eigenvalue weighted by atomic mass is 35.5. The Morgan fingerprint density at radius 2 is 2.40 bits per heavy atom. The van der Waals surface area contributed by atoms with E-state index in [1.165, 1.54) is 11.3 Å². The molecule has 110 valence electrons. The molecule has 2 atom stereocenters.